The first kappa shape index (κ1) is 14.1. The number of imidazole rings is 1. The van der Waals surface area contributed by atoms with Gasteiger partial charge < -0.3 is 9.47 Å². The lowest BCUT2D eigenvalue weighted by atomic mass is 10.1. The van der Waals surface area contributed by atoms with Crippen molar-refractivity contribution in [3.05, 3.63) is 24.3 Å². The summed E-state index contributed by atoms with van der Waals surface area (Å²) in [5.74, 6) is 3.69. The van der Waals surface area contributed by atoms with E-state index in [2.05, 4.69) is 33.7 Å². The number of nitrogens with zero attached hydrogens (tertiary/aromatic N) is 3. The molecule has 2 aromatic rings. The third-order valence-electron chi connectivity index (χ3n) is 4.20. The fraction of sp³-hybridized carbons (Fsp3) is 0.533. The summed E-state index contributed by atoms with van der Waals surface area (Å²) in [5, 5.41) is 0. The topological polar surface area (TPSA) is 21.1 Å². The lowest BCUT2D eigenvalue weighted by molar-refractivity contribution is 0.537. The molecule has 3 nitrogen and oxygen atoms in total. The lowest BCUT2D eigenvalue weighted by Crippen LogP contribution is -2.34. The Morgan fingerprint density at radius 3 is 2.50 bits per heavy atom. The van der Waals surface area contributed by atoms with Gasteiger partial charge >= 0.3 is 0 Å². The number of aromatic nitrogens is 2. The largest absolute Gasteiger partial charge is 0.342 e. The molecule has 2 fully saturated rings. The number of halogens is 1. The van der Waals surface area contributed by atoms with Crippen molar-refractivity contribution < 1.29 is 0 Å². The molecule has 5 heteroatoms. The molecule has 1 aromatic heterocycles. The van der Waals surface area contributed by atoms with Crippen LogP contribution >= 0.6 is 24.2 Å². The van der Waals surface area contributed by atoms with E-state index in [9.17, 15) is 0 Å². The lowest BCUT2D eigenvalue weighted by Gasteiger charge is -2.33. The maximum absolute atomic E-state index is 4.92. The van der Waals surface area contributed by atoms with E-state index in [0.29, 0.717) is 6.04 Å². The van der Waals surface area contributed by atoms with Gasteiger partial charge in [-0.25, -0.2) is 4.98 Å². The second-order valence-corrected chi connectivity index (χ2v) is 6.58. The highest BCUT2D eigenvalue weighted by Crippen LogP contribution is 2.36. The first-order chi connectivity index (χ1) is 9.43. The van der Waals surface area contributed by atoms with Gasteiger partial charge in [-0.1, -0.05) is 12.1 Å². The van der Waals surface area contributed by atoms with Crippen molar-refractivity contribution >= 4 is 41.2 Å². The molecule has 1 aromatic carbocycles. The van der Waals surface area contributed by atoms with Gasteiger partial charge in [-0.05, 0) is 31.4 Å². The van der Waals surface area contributed by atoms with E-state index in [-0.39, 0.29) is 12.4 Å². The maximum atomic E-state index is 4.92. The fourth-order valence-corrected chi connectivity index (χ4v) is 3.83. The number of rotatable bonds is 2. The van der Waals surface area contributed by atoms with Crippen LogP contribution in [0, 0.1) is 0 Å². The highest BCUT2D eigenvalue weighted by molar-refractivity contribution is 8.00. The summed E-state index contributed by atoms with van der Waals surface area (Å²) in [7, 11) is 0. The van der Waals surface area contributed by atoms with Crippen molar-refractivity contribution in [3.63, 3.8) is 0 Å². The van der Waals surface area contributed by atoms with Crippen molar-refractivity contribution in [2.75, 3.05) is 29.5 Å². The van der Waals surface area contributed by atoms with E-state index < -0.39 is 0 Å². The highest BCUT2D eigenvalue weighted by atomic mass is 35.5. The van der Waals surface area contributed by atoms with Crippen LogP contribution in [0.25, 0.3) is 11.0 Å². The second kappa shape index (κ2) is 5.86. The first-order valence-electron chi connectivity index (χ1n) is 7.23. The Morgan fingerprint density at radius 1 is 1.05 bits per heavy atom. The standard InChI is InChI=1S/C15H19N3S.ClH/c1-4-8-17(9-5-1)15-16-13-6-2-3-7-14(13)18(15)12-10-19-11-12;/h2-3,6-7,12H,1,4-5,8-11H2;1H. The molecule has 20 heavy (non-hydrogen) atoms. The summed E-state index contributed by atoms with van der Waals surface area (Å²) in [6.07, 6.45) is 3.99. The quantitative estimate of drug-likeness (QED) is 0.843. The average molecular weight is 310 g/mol. The van der Waals surface area contributed by atoms with Crippen molar-refractivity contribution in [1.82, 2.24) is 9.55 Å². The van der Waals surface area contributed by atoms with Gasteiger partial charge in [-0.2, -0.15) is 11.8 Å². The van der Waals surface area contributed by atoms with Gasteiger partial charge in [-0.3, -0.25) is 0 Å². The van der Waals surface area contributed by atoms with E-state index in [0.717, 1.165) is 5.52 Å². The molecule has 2 aliphatic heterocycles. The Bertz CT molecular complexity index is 588. The van der Waals surface area contributed by atoms with Crippen molar-refractivity contribution in [1.29, 1.82) is 0 Å². The van der Waals surface area contributed by atoms with Crippen molar-refractivity contribution in [3.8, 4) is 0 Å². The molecule has 0 aliphatic carbocycles. The zero-order chi connectivity index (χ0) is 12.7. The summed E-state index contributed by atoms with van der Waals surface area (Å²) >= 11 is 2.04. The Kier molecular flexibility index (Phi) is 4.13. The van der Waals surface area contributed by atoms with Gasteiger partial charge in [0.25, 0.3) is 0 Å². The smallest absolute Gasteiger partial charge is 0.206 e. The molecule has 4 rings (SSSR count). The minimum atomic E-state index is 0. The predicted octanol–water partition coefficient (Wildman–Crippen LogP) is 3.74. The van der Waals surface area contributed by atoms with Crippen LogP contribution in [0.2, 0.25) is 0 Å². The zero-order valence-corrected chi connectivity index (χ0v) is 13.1. The number of hydrogen-bond donors (Lipinski definition) is 0. The molecule has 108 valence electrons. The molecule has 0 spiro atoms. The number of para-hydroxylation sites is 2. The normalized spacial score (nSPS) is 19.7. The maximum Gasteiger partial charge on any atom is 0.206 e. The third kappa shape index (κ3) is 2.29. The molecule has 0 atom stereocenters. The molecule has 0 bridgehead atoms. The Labute approximate surface area is 130 Å². The van der Waals surface area contributed by atoms with Crippen LogP contribution in [0.4, 0.5) is 5.95 Å². The molecule has 0 amide bonds. The molecule has 3 heterocycles. The van der Waals surface area contributed by atoms with Crippen LogP contribution in [-0.2, 0) is 0 Å². The molecule has 0 unspecified atom stereocenters. The monoisotopic (exact) mass is 309 g/mol. The Hall–Kier alpha value is -0.870. The number of thioether (sulfide) groups is 1. The minimum Gasteiger partial charge on any atom is -0.342 e. The number of fused-ring (bicyclic) bond motifs is 1. The molecule has 2 saturated heterocycles. The molecular weight excluding hydrogens is 290 g/mol. The van der Waals surface area contributed by atoms with E-state index in [1.807, 2.05) is 11.8 Å². The van der Waals surface area contributed by atoms with Crippen LogP contribution < -0.4 is 4.90 Å². The zero-order valence-electron chi connectivity index (χ0n) is 11.5. The summed E-state index contributed by atoms with van der Waals surface area (Å²) < 4.78 is 2.50. The van der Waals surface area contributed by atoms with E-state index in [4.69, 9.17) is 4.98 Å². The summed E-state index contributed by atoms with van der Waals surface area (Å²) in [4.78, 5) is 7.41. The van der Waals surface area contributed by atoms with Crippen LogP contribution in [0.3, 0.4) is 0 Å². The van der Waals surface area contributed by atoms with Crippen LogP contribution in [0.1, 0.15) is 25.3 Å². The number of benzene rings is 1. The summed E-state index contributed by atoms with van der Waals surface area (Å²) in [6.45, 7) is 2.34. The molecule has 0 saturated carbocycles. The summed E-state index contributed by atoms with van der Waals surface area (Å²) in [6, 6.07) is 9.24. The fourth-order valence-electron chi connectivity index (χ4n) is 3.08. The van der Waals surface area contributed by atoms with Crippen LogP contribution in [0.15, 0.2) is 24.3 Å². The molecule has 0 N–H and O–H groups in total. The molecular formula is C15H20ClN3S. The van der Waals surface area contributed by atoms with Crippen LogP contribution in [0.5, 0.6) is 0 Å². The van der Waals surface area contributed by atoms with Crippen molar-refractivity contribution in [2.45, 2.75) is 25.3 Å². The minimum absolute atomic E-state index is 0. The number of piperidine rings is 1. The van der Waals surface area contributed by atoms with Crippen LogP contribution in [-0.4, -0.2) is 34.1 Å². The third-order valence-corrected chi connectivity index (χ3v) is 5.44. The molecule has 2 aliphatic rings. The Morgan fingerprint density at radius 2 is 1.80 bits per heavy atom. The molecule has 0 radical (unpaired) electrons. The SMILES string of the molecule is Cl.c1ccc2c(c1)nc(N1CCCCC1)n2C1CSC1. The van der Waals surface area contributed by atoms with Gasteiger partial charge in [0.2, 0.25) is 5.95 Å². The van der Waals surface area contributed by atoms with Gasteiger partial charge in [0.05, 0.1) is 17.1 Å². The predicted molar refractivity (Wildman–Crippen MR) is 89.4 cm³/mol. The van der Waals surface area contributed by atoms with E-state index in [1.54, 1.807) is 0 Å². The van der Waals surface area contributed by atoms with E-state index >= 15 is 0 Å². The van der Waals surface area contributed by atoms with Gasteiger partial charge in [0.15, 0.2) is 0 Å². The highest BCUT2D eigenvalue weighted by Gasteiger charge is 2.27. The van der Waals surface area contributed by atoms with Gasteiger partial charge in [-0.15, -0.1) is 12.4 Å². The van der Waals surface area contributed by atoms with Crippen molar-refractivity contribution in [2.24, 2.45) is 0 Å². The number of hydrogen-bond acceptors (Lipinski definition) is 3. The van der Waals surface area contributed by atoms with E-state index in [1.165, 1.54) is 55.3 Å². The Balaban J connectivity index is 0.00000121. The first-order valence-corrected chi connectivity index (χ1v) is 8.38. The van der Waals surface area contributed by atoms with Gasteiger partial charge in [0.1, 0.15) is 0 Å². The average Bonchev–Trinajstić information content (AvgIpc) is 2.78. The number of anilines is 1. The summed E-state index contributed by atoms with van der Waals surface area (Å²) in [5.41, 5.74) is 2.47. The van der Waals surface area contributed by atoms with Gasteiger partial charge in [0, 0.05) is 24.6 Å². The second-order valence-electron chi connectivity index (χ2n) is 5.51.